The Hall–Kier alpha value is -2.54. The highest BCUT2D eigenvalue weighted by Gasteiger charge is 2.22. The molecule has 1 aromatic carbocycles. The predicted octanol–water partition coefficient (Wildman–Crippen LogP) is 3.60. The maximum absolute atomic E-state index is 12.3. The van der Waals surface area contributed by atoms with Gasteiger partial charge in [-0.05, 0) is 38.5 Å². The van der Waals surface area contributed by atoms with Gasteiger partial charge in [0.15, 0.2) is 0 Å². The summed E-state index contributed by atoms with van der Waals surface area (Å²) in [4.78, 5) is 25.4. The predicted molar refractivity (Wildman–Crippen MR) is 99.9 cm³/mol. The van der Waals surface area contributed by atoms with Crippen molar-refractivity contribution < 1.29 is 19.1 Å². The van der Waals surface area contributed by atoms with Gasteiger partial charge in [0.2, 0.25) is 5.91 Å². The van der Waals surface area contributed by atoms with Crippen molar-refractivity contribution in [1.29, 1.82) is 0 Å². The second-order valence-corrected chi connectivity index (χ2v) is 6.53. The number of thiophene rings is 1. The summed E-state index contributed by atoms with van der Waals surface area (Å²) in [5.74, 6) is -0.0135. The van der Waals surface area contributed by atoms with Crippen molar-refractivity contribution in [1.82, 2.24) is 0 Å². The SMILES string of the molecule is CCOC(=O)c1c(NC(=O)CNc2ccccc2OC)sc(C)c1C. The number of ether oxygens (including phenoxy) is 2. The van der Waals surface area contributed by atoms with Crippen molar-refractivity contribution in [3.8, 4) is 5.75 Å². The van der Waals surface area contributed by atoms with E-state index >= 15 is 0 Å². The number of benzene rings is 1. The summed E-state index contributed by atoms with van der Waals surface area (Å²) in [6.45, 7) is 5.85. The zero-order valence-corrected chi connectivity index (χ0v) is 15.6. The summed E-state index contributed by atoms with van der Waals surface area (Å²) >= 11 is 1.37. The van der Waals surface area contributed by atoms with Crippen molar-refractivity contribution in [2.45, 2.75) is 20.8 Å². The molecular formula is C18H22N2O4S. The van der Waals surface area contributed by atoms with Gasteiger partial charge >= 0.3 is 5.97 Å². The van der Waals surface area contributed by atoms with Crippen LogP contribution in [0.15, 0.2) is 24.3 Å². The minimum atomic E-state index is -0.419. The van der Waals surface area contributed by atoms with Crippen LogP contribution in [0, 0.1) is 13.8 Å². The Kier molecular flexibility index (Phi) is 6.41. The second kappa shape index (κ2) is 8.53. The number of aryl methyl sites for hydroxylation is 1. The molecule has 134 valence electrons. The van der Waals surface area contributed by atoms with Gasteiger partial charge in [-0.3, -0.25) is 4.79 Å². The number of rotatable bonds is 7. The molecule has 0 radical (unpaired) electrons. The summed E-state index contributed by atoms with van der Waals surface area (Å²) in [6.07, 6.45) is 0. The number of nitrogens with one attached hydrogen (secondary N) is 2. The standard InChI is InChI=1S/C18H22N2O4S/c1-5-24-18(22)16-11(2)12(3)25-17(16)20-15(21)10-19-13-8-6-7-9-14(13)23-4/h6-9,19H,5,10H2,1-4H3,(H,20,21). The molecule has 0 saturated heterocycles. The van der Waals surface area contributed by atoms with Crippen molar-refractivity contribution in [3.05, 3.63) is 40.3 Å². The maximum Gasteiger partial charge on any atom is 0.341 e. The third kappa shape index (κ3) is 4.51. The van der Waals surface area contributed by atoms with E-state index < -0.39 is 5.97 Å². The lowest BCUT2D eigenvalue weighted by atomic mass is 10.1. The van der Waals surface area contributed by atoms with E-state index in [1.165, 1.54) is 11.3 Å². The van der Waals surface area contributed by atoms with Crippen LogP contribution in [-0.4, -0.2) is 32.1 Å². The van der Waals surface area contributed by atoms with Crippen LogP contribution < -0.4 is 15.4 Å². The van der Waals surface area contributed by atoms with E-state index in [-0.39, 0.29) is 19.1 Å². The summed E-state index contributed by atoms with van der Waals surface area (Å²) in [6, 6.07) is 7.35. The lowest BCUT2D eigenvalue weighted by molar-refractivity contribution is -0.114. The fraction of sp³-hybridized carbons (Fsp3) is 0.333. The fourth-order valence-corrected chi connectivity index (χ4v) is 3.37. The van der Waals surface area contributed by atoms with Gasteiger partial charge < -0.3 is 20.1 Å². The van der Waals surface area contributed by atoms with Gasteiger partial charge in [-0.1, -0.05) is 12.1 Å². The molecule has 1 amide bonds. The molecule has 7 heteroatoms. The first-order chi connectivity index (χ1) is 12.0. The number of carbonyl (C=O) groups excluding carboxylic acids is 2. The molecule has 0 aliphatic carbocycles. The first-order valence-corrected chi connectivity index (χ1v) is 8.73. The number of esters is 1. The van der Waals surface area contributed by atoms with Crippen molar-refractivity contribution in [3.63, 3.8) is 0 Å². The average Bonchev–Trinajstić information content (AvgIpc) is 2.87. The summed E-state index contributed by atoms with van der Waals surface area (Å²) in [5.41, 5.74) is 1.98. The molecule has 0 aliphatic heterocycles. The number of methoxy groups -OCH3 is 1. The molecule has 0 atom stereocenters. The highest BCUT2D eigenvalue weighted by molar-refractivity contribution is 7.16. The molecule has 0 aliphatic rings. The van der Waals surface area contributed by atoms with Gasteiger partial charge in [-0.15, -0.1) is 11.3 Å². The van der Waals surface area contributed by atoms with Gasteiger partial charge in [0.25, 0.3) is 0 Å². The van der Waals surface area contributed by atoms with E-state index in [1.807, 2.05) is 38.1 Å². The molecule has 1 heterocycles. The highest BCUT2D eigenvalue weighted by atomic mass is 32.1. The fourth-order valence-electron chi connectivity index (χ4n) is 2.30. The van der Waals surface area contributed by atoms with Crippen molar-refractivity contribution in [2.24, 2.45) is 0 Å². The summed E-state index contributed by atoms with van der Waals surface area (Å²) < 4.78 is 10.3. The maximum atomic E-state index is 12.3. The van der Waals surface area contributed by atoms with Crippen LogP contribution in [0.2, 0.25) is 0 Å². The second-order valence-electron chi connectivity index (χ2n) is 5.31. The van der Waals surface area contributed by atoms with E-state index in [4.69, 9.17) is 9.47 Å². The topological polar surface area (TPSA) is 76.7 Å². The van der Waals surface area contributed by atoms with E-state index in [9.17, 15) is 9.59 Å². The number of amides is 1. The van der Waals surface area contributed by atoms with Crippen LogP contribution >= 0.6 is 11.3 Å². The smallest absolute Gasteiger partial charge is 0.341 e. The zero-order valence-electron chi connectivity index (χ0n) is 14.8. The van der Waals surface area contributed by atoms with Crippen molar-refractivity contribution >= 4 is 33.9 Å². The highest BCUT2D eigenvalue weighted by Crippen LogP contribution is 2.33. The lowest BCUT2D eigenvalue weighted by Crippen LogP contribution is -2.22. The van der Waals surface area contributed by atoms with E-state index in [0.717, 1.165) is 16.1 Å². The zero-order chi connectivity index (χ0) is 18.4. The minimum absolute atomic E-state index is 0.0542. The Morgan fingerprint density at radius 1 is 1.20 bits per heavy atom. The van der Waals surface area contributed by atoms with Gasteiger partial charge in [-0.25, -0.2) is 4.79 Å². The van der Waals surface area contributed by atoms with Crippen LogP contribution in [0.4, 0.5) is 10.7 Å². The molecule has 0 unspecified atom stereocenters. The van der Waals surface area contributed by atoms with Crippen molar-refractivity contribution in [2.75, 3.05) is 30.9 Å². The van der Waals surface area contributed by atoms with Gasteiger partial charge in [0.05, 0.1) is 31.5 Å². The molecule has 1 aromatic heterocycles. The molecule has 0 bridgehead atoms. The molecule has 2 N–H and O–H groups in total. The Morgan fingerprint density at radius 3 is 2.60 bits per heavy atom. The summed E-state index contributed by atoms with van der Waals surface area (Å²) in [7, 11) is 1.57. The Morgan fingerprint density at radius 2 is 1.92 bits per heavy atom. The monoisotopic (exact) mass is 362 g/mol. The number of carbonyl (C=O) groups is 2. The first-order valence-electron chi connectivity index (χ1n) is 7.91. The Bertz CT molecular complexity index is 770. The average molecular weight is 362 g/mol. The first kappa shape index (κ1) is 18.8. The largest absolute Gasteiger partial charge is 0.495 e. The van der Waals surface area contributed by atoms with Crippen LogP contribution in [-0.2, 0) is 9.53 Å². The molecule has 2 aromatic rings. The molecule has 25 heavy (non-hydrogen) atoms. The van der Waals surface area contributed by atoms with Crippen LogP contribution in [0.1, 0.15) is 27.7 Å². The Labute approximate surface area is 151 Å². The normalized spacial score (nSPS) is 10.2. The molecule has 0 spiro atoms. The third-order valence-corrected chi connectivity index (χ3v) is 4.79. The number of anilines is 2. The molecule has 6 nitrogen and oxygen atoms in total. The number of para-hydroxylation sites is 2. The van der Waals surface area contributed by atoms with Crippen LogP contribution in [0.25, 0.3) is 0 Å². The van der Waals surface area contributed by atoms with Gasteiger partial charge in [0.1, 0.15) is 10.8 Å². The quantitative estimate of drug-likeness (QED) is 0.736. The molecule has 2 rings (SSSR count). The minimum Gasteiger partial charge on any atom is -0.495 e. The van der Waals surface area contributed by atoms with Crippen LogP contribution in [0.5, 0.6) is 5.75 Å². The molecule has 0 fully saturated rings. The van der Waals surface area contributed by atoms with Gasteiger partial charge in [0, 0.05) is 4.88 Å². The Balaban J connectivity index is 2.08. The summed E-state index contributed by atoms with van der Waals surface area (Å²) in [5, 5.41) is 6.34. The number of hydrogen-bond donors (Lipinski definition) is 2. The van der Waals surface area contributed by atoms with E-state index in [1.54, 1.807) is 14.0 Å². The van der Waals surface area contributed by atoms with Gasteiger partial charge in [-0.2, -0.15) is 0 Å². The van der Waals surface area contributed by atoms with Crippen LogP contribution in [0.3, 0.4) is 0 Å². The number of hydrogen-bond acceptors (Lipinski definition) is 6. The lowest BCUT2D eigenvalue weighted by Gasteiger charge is -2.11. The molecule has 0 saturated carbocycles. The van der Waals surface area contributed by atoms with E-state index in [0.29, 0.717) is 16.3 Å². The van der Waals surface area contributed by atoms with E-state index in [2.05, 4.69) is 10.6 Å². The third-order valence-electron chi connectivity index (χ3n) is 3.66. The molecular weight excluding hydrogens is 340 g/mol.